The molecule has 0 spiro atoms. The minimum Gasteiger partial charge on any atom is -0.381 e. The van der Waals surface area contributed by atoms with Gasteiger partial charge < -0.3 is 5.73 Å². The number of thioether (sulfide) groups is 1. The van der Waals surface area contributed by atoms with Crippen LogP contribution < -0.4 is 5.73 Å². The molecule has 0 amide bonds. The zero-order valence-corrected chi connectivity index (χ0v) is 8.16. The maximum atomic E-state index is 5.52. The van der Waals surface area contributed by atoms with Crippen molar-refractivity contribution in [2.75, 3.05) is 12.0 Å². The molecule has 56 valence electrons. The van der Waals surface area contributed by atoms with Crippen LogP contribution in [0.1, 0.15) is 0 Å². The minimum absolute atomic E-state index is 0.548. The zero-order chi connectivity index (χ0) is 7.72. The van der Waals surface area contributed by atoms with Gasteiger partial charge in [0.1, 0.15) is 5.03 Å². The third kappa shape index (κ3) is 1.15. The summed E-state index contributed by atoms with van der Waals surface area (Å²) in [5.41, 5.74) is 5.52. The van der Waals surface area contributed by atoms with Crippen molar-refractivity contribution >= 4 is 33.5 Å². The molecule has 0 aliphatic carbocycles. The van der Waals surface area contributed by atoms with Crippen LogP contribution in [0.25, 0.3) is 0 Å². The summed E-state index contributed by atoms with van der Waals surface area (Å²) in [5, 5.41) is 5.06. The van der Waals surface area contributed by atoms with Gasteiger partial charge in [-0.2, -0.15) is 5.10 Å². The van der Waals surface area contributed by atoms with E-state index in [1.165, 1.54) is 0 Å². The average molecular weight is 222 g/mol. The summed E-state index contributed by atoms with van der Waals surface area (Å²) in [5.74, 6) is 0.548. The van der Waals surface area contributed by atoms with Crippen LogP contribution >= 0.6 is 27.7 Å². The maximum absolute atomic E-state index is 5.52. The number of nitrogens with zero attached hydrogens (tertiary/aromatic N) is 2. The summed E-state index contributed by atoms with van der Waals surface area (Å²) in [7, 11) is 1.87. The molecule has 1 rings (SSSR count). The highest BCUT2D eigenvalue weighted by atomic mass is 79.9. The van der Waals surface area contributed by atoms with Crippen molar-refractivity contribution in [3.8, 4) is 0 Å². The van der Waals surface area contributed by atoms with E-state index in [0.29, 0.717) is 5.82 Å². The normalized spacial score (nSPS) is 10.3. The highest BCUT2D eigenvalue weighted by molar-refractivity contribution is 9.10. The van der Waals surface area contributed by atoms with Crippen LogP contribution in [0.2, 0.25) is 0 Å². The van der Waals surface area contributed by atoms with Crippen LogP contribution in [-0.4, -0.2) is 16.0 Å². The Morgan fingerprint density at radius 2 is 2.30 bits per heavy atom. The second-order valence-electron chi connectivity index (χ2n) is 1.83. The molecule has 0 aliphatic rings. The second kappa shape index (κ2) is 2.84. The lowest BCUT2D eigenvalue weighted by Gasteiger charge is -1.94. The molecular formula is C5H8BrN3S. The second-order valence-corrected chi connectivity index (χ2v) is 3.42. The van der Waals surface area contributed by atoms with Crippen LogP contribution in [-0.2, 0) is 7.05 Å². The van der Waals surface area contributed by atoms with E-state index in [4.69, 9.17) is 5.73 Å². The highest BCUT2D eigenvalue weighted by Gasteiger charge is 2.08. The van der Waals surface area contributed by atoms with Gasteiger partial charge in [0.25, 0.3) is 0 Å². The maximum Gasteiger partial charge on any atom is 0.161 e. The molecule has 0 aromatic carbocycles. The Labute approximate surface area is 72.1 Å². The lowest BCUT2D eigenvalue weighted by atomic mass is 10.7. The number of anilines is 1. The molecule has 0 fully saturated rings. The number of halogens is 1. The standard InChI is InChI=1S/C5H8BrN3S/c1-9-5(10-2)3(6)4(7)8-9/h1-2H3,(H2,7,8). The van der Waals surface area contributed by atoms with Crippen LogP contribution in [0.3, 0.4) is 0 Å². The van der Waals surface area contributed by atoms with Gasteiger partial charge in [0.05, 0.1) is 4.47 Å². The van der Waals surface area contributed by atoms with Gasteiger partial charge in [0.15, 0.2) is 5.82 Å². The molecule has 0 saturated heterocycles. The quantitative estimate of drug-likeness (QED) is 0.732. The van der Waals surface area contributed by atoms with Crippen LogP contribution in [0.4, 0.5) is 5.82 Å². The first-order chi connectivity index (χ1) is 4.66. The van der Waals surface area contributed by atoms with Gasteiger partial charge in [-0.15, -0.1) is 11.8 Å². The average Bonchev–Trinajstić information content (AvgIpc) is 2.09. The smallest absolute Gasteiger partial charge is 0.161 e. The molecule has 1 aromatic rings. The van der Waals surface area contributed by atoms with Gasteiger partial charge in [-0.3, -0.25) is 4.68 Å². The molecule has 0 aliphatic heterocycles. The number of nitrogen functional groups attached to an aromatic ring is 1. The summed E-state index contributed by atoms with van der Waals surface area (Å²) in [6.07, 6.45) is 1.99. The number of aryl methyl sites for hydroxylation is 1. The van der Waals surface area contributed by atoms with Crippen molar-refractivity contribution in [1.82, 2.24) is 9.78 Å². The lowest BCUT2D eigenvalue weighted by Crippen LogP contribution is -1.92. The fraction of sp³-hybridized carbons (Fsp3) is 0.400. The number of rotatable bonds is 1. The van der Waals surface area contributed by atoms with Gasteiger partial charge in [-0.05, 0) is 22.2 Å². The predicted octanol–water partition coefficient (Wildman–Crippen LogP) is 1.49. The van der Waals surface area contributed by atoms with Gasteiger partial charge in [-0.1, -0.05) is 0 Å². The Kier molecular flexibility index (Phi) is 2.25. The van der Waals surface area contributed by atoms with E-state index in [1.807, 2.05) is 13.3 Å². The van der Waals surface area contributed by atoms with E-state index in [0.717, 1.165) is 9.50 Å². The van der Waals surface area contributed by atoms with Crippen molar-refractivity contribution < 1.29 is 0 Å². The third-order valence-corrected chi connectivity index (χ3v) is 3.06. The fourth-order valence-corrected chi connectivity index (χ4v) is 2.13. The van der Waals surface area contributed by atoms with Crippen molar-refractivity contribution in [3.05, 3.63) is 4.47 Å². The summed E-state index contributed by atoms with van der Waals surface area (Å²) < 4.78 is 2.65. The first-order valence-electron chi connectivity index (χ1n) is 2.68. The molecular weight excluding hydrogens is 214 g/mol. The number of hydrogen-bond acceptors (Lipinski definition) is 3. The predicted molar refractivity (Wildman–Crippen MR) is 47.1 cm³/mol. The molecule has 1 aromatic heterocycles. The Morgan fingerprint density at radius 3 is 2.50 bits per heavy atom. The number of aromatic nitrogens is 2. The summed E-state index contributed by atoms with van der Waals surface area (Å²) >= 11 is 4.95. The van der Waals surface area contributed by atoms with Crippen LogP contribution in [0.15, 0.2) is 9.50 Å². The SMILES string of the molecule is CSc1c(Br)c(N)nn1C. The van der Waals surface area contributed by atoms with E-state index in [-0.39, 0.29) is 0 Å². The van der Waals surface area contributed by atoms with Gasteiger partial charge in [-0.25, -0.2) is 0 Å². The number of hydrogen-bond donors (Lipinski definition) is 1. The fourth-order valence-electron chi connectivity index (χ4n) is 0.724. The molecule has 0 radical (unpaired) electrons. The Bertz CT molecular complexity index is 245. The Morgan fingerprint density at radius 1 is 1.70 bits per heavy atom. The van der Waals surface area contributed by atoms with Gasteiger partial charge in [0, 0.05) is 7.05 Å². The topological polar surface area (TPSA) is 43.8 Å². The molecule has 0 saturated carbocycles. The van der Waals surface area contributed by atoms with Crippen LogP contribution in [0, 0.1) is 0 Å². The molecule has 0 atom stereocenters. The third-order valence-electron chi connectivity index (χ3n) is 1.16. The Balaban J connectivity index is 3.20. The Hall–Kier alpha value is -0.160. The van der Waals surface area contributed by atoms with Crippen molar-refractivity contribution in [3.63, 3.8) is 0 Å². The first kappa shape index (κ1) is 7.94. The molecule has 0 bridgehead atoms. The first-order valence-corrected chi connectivity index (χ1v) is 4.70. The van der Waals surface area contributed by atoms with Gasteiger partial charge in [0.2, 0.25) is 0 Å². The van der Waals surface area contributed by atoms with E-state index in [2.05, 4.69) is 21.0 Å². The minimum atomic E-state index is 0.548. The van der Waals surface area contributed by atoms with E-state index >= 15 is 0 Å². The monoisotopic (exact) mass is 221 g/mol. The molecule has 1 heterocycles. The molecule has 10 heavy (non-hydrogen) atoms. The largest absolute Gasteiger partial charge is 0.381 e. The molecule has 5 heteroatoms. The molecule has 0 unspecified atom stereocenters. The van der Waals surface area contributed by atoms with E-state index in [1.54, 1.807) is 16.4 Å². The van der Waals surface area contributed by atoms with Crippen molar-refractivity contribution in [2.24, 2.45) is 7.05 Å². The molecule has 2 N–H and O–H groups in total. The number of nitrogens with two attached hydrogens (primary N) is 1. The van der Waals surface area contributed by atoms with Crippen LogP contribution in [0.5, 0.6) is 0 Å². The summed E-state index contributed by atoms with van der Waals surface area (Å²) in [6.45, 7) is 0. The van der Waals surface area contributed by atoms with Gasteiger partial charge >= 0.3 is 0 Å². The lowest BCUT2D eigenvalue weighted by molar-refractivity contribution is 0.700. The van der Waals surface area contributed by atoms with Crippen molar-refractivity contribution in [2.45, 2.75) is 5.03 Å². The van der Waals surface area contributed by atoms with E-state index < -0.39 is 0 Å². The van der Waals surface area contributed by atoms with Crippen molar-refractivity contribution in [1.29, 1.82) is 0 Å². The zero-order valence-electron chi connectivity index (χ0n) is 5.76. The highest BCUT2D eigenvalue weighted by Crippen LogP contribution is 2.29. The van der Waals surface area contributed by atoms with E-state index in [9.17, 15) is 0 Å². The summed E-state index contributed by atoms with van der Waals surface area (Å²) in [4.78, 5) is 0. The summed E-state index contributed by atoms with van der Waals surface area (Å²) in [6, 6.07) is 0. The molecule has 3 nitrogen and oxygen atoms in total.